The van der Waals surface area contributed by atoms with Crippen LogP contribution in [0.2, 0.25) is 0 Å². The number of methoxy groups -OCH3 is 1. The van der Waals surface area contributed by atoms with E-state index in [1.165, 1.54) is 27.0 Å². The molecule has 0 aliphatic rings. The first-order valence-electron chi connectivity index (χ1n) is 5.49. The Morgan fingerprint density at radius 1 is 1.22 bits per heavy atom. The van der Waals surface area contributed by atoms with Crippen LogP contribution < -0.4 is 4.74 Å². The molecule has 1 aromatic carbocycles. The van der Waals surface area contributed by atoms with Gasteiger partial charge in [-0.3, -0.25) is 0 Å². The van der Waals surface area contributed by atoms with E-state index in [-0.39, 0.29) is 4.90 Å². The van der Waals surface area contributed by atoms with E-state index in [0.29, 0.717) is 11.3 Å². The van der Waals surface area contributed by atoms with E-state index in [2.05, 4.69) is 0 Å². The van der Waals surface area contributed by atoms with Gasteiger partial charge in [0, 0.05) is 0 Å². The second kappa shape index (κ2) is 4.62. The van der Waals surface area contributed by atoms with Gasteiger partial charge >= 0.3 is 0 Å². The topological polar surface area (TPSA) is 67.2 Å². The van der Waals surface area contributed by atoms with Crippen molar-refractivity contribution in [2.24, 2.45) is 0 Å². The van der Waals surface area contributed by atoms with Gasteiger partial charge in [-0.25, -0.2) is 8.42 Å². The van der Waals surface area contributed by atoms with Gasteiger partial charge in [-0.05, 0) is 51.0 Å². The van der Waals surface area contributed by atoms with E-state index < -0.39 is 14.6 Å². The molecule has 0 bridgehead atoms. The molecule has 98 valence electrons. The lowest BCUT2D eigenvalue weighted by atomic mass is 10.1. The highest BCUT2D eigenvalue weighted by molar-refractivity contribution is 7.93. The van der Waals surface area contributed by atoms with E-state index in [1.54, 1.807) is 19.9 Å². The number of benzene rings is 1. The molecule has 0 saturated heterocycles. The second-order valence-corrected chi connectivity index (χ2v) is 7.11. The third-order valence-corrected chi connectivity index (χ3v) is 5.59. The zero-order chi connectivity index (χ0) is 14.1. The first-order chi connectivity index (χ1) is 8.19. The maximum atomic E-state index is 12.4. The minimum atomic E-state index is -3.68. The molecule has 0 N–H and O–H groups in total. The highest BCUT2D eigenvalue weighted by atomic mass is 32.2. The van der Waals surface area contributed by atoms with Gasteiger partial charge in [-0.2, -0.15) is 5.26 Å². The zero-order valence-electron chi connectivity index (χ0n) is 11.2. The maximum Gasteiger partial charge on any atom is 0.197 e. The van der Waals surface area contributed by atoms with Crippen molar-refractivity contribution in [2.45, 2.75) is 37.3 Å². The standard InChI is InChI=1S/C13H17NO3S/c1-9-10(2)12(7-6-11(9)17-5)18(15,16)13(3,4)8-14/h6-7H,1-5H3. The normalized spacial score (nSPS) is 12.0. The van der Waals surface area contributed by atoms with Crippen LogP contribution >= 0.6 is 0 Å². The zero-order valence-corrected chi connectivity index (χ0v) is 12.1. The van der Waals surface area contributed by atoms with Crippen LogP contribution in [0.25, 0.3) is 0 Å². The molecule has 0 spiro atoms. The van der Waals surface area contributed by atoms with Gasteiger partial charge in [0.15, 0.2) is 14.6 Å². The molecular weight excluding hydrogens is 250 g/mol. The summed E-state index contributed by atoms with van der Waals surface area (Å²) in [5, 5.41) is 9.00. The van der Waals surface area contributed by atoms with Crippen LogP contribution in [0.15, 0.2) is 17.0 Å². The highest BCUT2D eigenvalue weighted by Gasteiger charge is 2.37. The molecule has 0 aromatic heterocycles. The Morgan fingerprint density at radius 3 is 2.22 bits per heavy atom. The summed E-state index contributed by atoms with van der Waals surface area (Å²) in [6.07, 6.45) is 0. The molecule has 1 rings (SSSR count). The number of sulfone groups is 1. The lowest BCUT2D eigenvalue weighted by Crippen LogP contribution is -2.30. The number of hydrogen-bond donors (Lipinski definition) is 0. The molecule has 0 fully saturated rings. The predicted molar refractivity (Wildman–Crippen MR) is 69.3 cm³/mol. The minimum Gasteiger partial charge on any atom is -0.496 e. The molecule has 0 atom stereocenters. The molecule has 1 aromatic rings. The molecule has 0 radical (unpaired) electrons. The van der Waals surface area contributed by atoms with E-state index in [9.17, 15) is 8.42 Å². The van der Waals surface area contributed by atoms with Gasteiger partial charge in [-0.1, -0.05) is 0 Å². The Kier molecular flexibility index (Phi) is 3.72. The Bertz CT molecular complexity index is 610. The minimum absolute atomic E-state index is 0.187. The van der Waals surface area contributed by atoms with Gasteiger partial charge < -0.3 is 4.74 Å². The van der Waals surface area contributed by atoms with Gasteiger partial charge in [0.05, 0.1) is 18.1 Å². The first kappa shape index (κ1) is 14.5. The van der Waals surface area contributed by atoms with Crippen molar-refractivity contribution in [1.82, 2.24) is 0 Å². The molecule has 0 unspecified atom stereocenters. The van der Waals surface area contributed by atoms with Gasteiger partial charge in [-0.15, -0.1) is 0 Å². The molecule has 0 amide bonds. The molecule has 5 heteroatoms. The average Bonchev–Trinajstić information content (AvgIpc) is 2.32. The maximum absolute atomic E-state index is 12.4. The molecule has 18 heavy (non-hydrogen) atoms. The molecule has 4 nitrogen and oxygen atoms in total. The van der Waals surface area contributed by atoms with Gasteiger partial charge in [0.25, 0.3) is 0 Å². The fourth-order valence-electron chi connectivity index (χ4n) is 1.62. The quantitative estimate of drug-likeness (QED) is 0.843. The summed E-state index contributed by atoms with van der Waals surface area (Å²) in [7, 11) is -2.15. The van der Waals surface area contributed by atoms with Crippen molar-refractivity contribution in [3.8, 4) is 11.8 Å². The molecule has 0 heterocycles. The summed E-state index contributed by atoms with van der Waals surface area (Å²) in [4.78, 5) is 0.187. The van der Waals surface area contributed by atoms with Crippen LogP contribution in [0.3, 0.4) is 0 Å². The van der Waals surface area contributed by atoms with Crippen molar-refractivity contribution in [1.29, 1.82) is 5.26 Å². The smallest absolute Gasteiger partial charge is 0.197 e. The summed E-state index contributed by atoms with van der Waals surface area (Å²) in [5.74, 6) is 0.640. The van der Waals surface area contributed by atoms with Crippen LogP contribution in [0.5, 0.6) is 5.75 Å². The van der Waals surface area contributed by atoms with E-state index in [4.69, 9.17) is 10.00 Å². The summed E-state index contributed by atoms with van der Waals surface area (Å²) in [6.45, 7) is 6.33. The third-order valence-electron chi connectivity index (χ3n) is 3.14. The van der Waals surface area contributed by atoms with E-state index >= 15 is 0 Å². The SMILES string of the molecule is COc1ccc(S(=O)(=O)C(C)(C)C#N)c(C)c1C. The first-order valence-corrected chi connectivity index (χ1v) is 6.97. The van der Waals surface area contributed by atoms with Crippen molar-refractivity contribution in [3.05, 3.63) is 23.3 Å². The summed E-state index contributed by atoms with van der Waals surface area (Å²) in [6, 6.07) is 4.95. The Balaban J connectivity index is 3.56. The Labute approximate surface area is 108 Å². The second-order valence-electron chi connectivity index (χ2n) is 4.64. The molecule has 0 aliphatic heterocycles. The van der Waals surface area contributed by atoms with Crippen LogP contribution in [-0.4, -0.2) is 20.3 Å². The van der Waals surface area contributed by atoms with Crippen LogP contribution in [0.1, 0.15) is 25.0 Å². The molecule has 0 saturated carbocycles. The lowest BCUT2D eigenvalue weighted by molar-refractivity contribution is 0.410. The molecular formula is C13H17NO3S. The van der Waals surface area contributed by atoms with Crippen molar-refractivity contribution < 1.29 is 13.2 Å². The largest absolute Gasteiger partial charge is 0.496 e. The summed E-state index contributed by atoms with van der Waals surface area (Å²) < 4.78 is 28.5. The van der Waals surface area contributed by atoms with E-state index in [0.717, 1.165) is 5.56 Å². The van der Waals surface area contributed by atoms with Crippen molar-refractivity contribution in [2.75, 3.05) is 7.11 Å². The fraction of sp³-hybridized carbons (Fsp3) is 0.462. The lowest BCUT2D eigenvalue weighted by Gasteiger charge is -2.19. The Morgan fingerprint density at radius 2 is 1.78 bits per heavy atom. The fourth-order valence-corrected chi connectivity index (χ4v) is 3.09. The Hall–Kier alpha value is -1.54. The summed E-state index contributed by atoms with van der Waals surface area (Å²) in [5.41, 5.74) is 1.39. The number of nitriles is 1. The number of hydrogen-bond acceptors (Lipinski definition) is 4. The monoisotopic (exact) mass is 267 g/mol. The van der Waals surface area contributed by atoms with Gasteiger partial charge in [0.1, 0.15) is 5.75 Å². The predicted octanol–water partition coefficient (Wildman–Crippen LogP) is 2.39. The van der Waals surface area contributed by atoms with Gasteiger partial charge in [0.2, 0.25) is 0 Å². The number of rotatable bonds is 3. The number of nitrogens with zero attached hydrogens (tertiary/aromatic N) is 1. The molecule has 0 aliphatic carbocycles. The van der Waals surface area contributed by atoms with Crippen LogP contribution in [-0.2, 0) is 9.84 Å². The number of ether oxygens (including phenoxy) is 1. The van der Waals surface area contributed by atoms with Crippen LogP contribution in [0.4, 0.5) is 0 Å². The van der Waals surface area contributed by atoms with Crippen molar-refractivity contribution >= 4 is 9.84 Å². The third kappa shape index (κ3) is 2.08. The summed E-state index contributed by atoms with van der Waals surface area (Å²) >= 11 is 0. The average molecular weight is 267 g/mol. The van der Waals surface area contributed by atoms with Crippen LogP contribution in [0, 0.1) is 25.2 Å². The van der Waals surface area contributed by atoms with Crippen molar-refractivity contribution in [3.63, 3.8) is 0 Å². The highest BCUT2D eigenvalue weighted by Crippen LogP contribution is 2.32. The van der Waals surface area contributed by atoms with E-state index in [1.807, 2.05) is 6.07 Å².